The highest BCUT2D eigenvalue weighted by molar-refractivity contribution is 5.86. The van der Waals surface area contributed by atoms with Crippen molar-refractivity contribution in [2.24, 2.45) is 0 Å². The summed E-state index contributed by atoms with van der Waals surface area (Å²) in [6, 6.07) is 29.4. The number of carbonyl (C=O) groups excluding carboxylic acids is 1. The van der Waals surface area contributed by atoms with E-state index in [1.807, 2.05) is 54.3 Å². The first-order valence-corrected chi connectivity index (χ1v) is 11.9. The molecule has 0 heterocycles. The topological polar surface area (TPSA) is 61.8 Å². The second kappa shape index (κ2) is 11.0. The number of hydrogen-bond acceptors (Lipinski definition) is 3. The Bertz CT molecular complexity index is 1280. The molecule has 4 rings (SSSR count). The van der Waals surface area contributed by atoms with Gasteiger partial charge in [-0.15, -0.1) is 0 Å². The monoisotopic (exact) mass is 468 g/mol. The van der Waals surface area contributed by atoms with E-state index < -0.39 is 0 Å². The smallest absolute Gasteiger partial charge is 0.318 e. The van der Waals surface area contributed by atoms with Gasteiger partial charge < -0.3 is 20.1 Å². The fourth-order valence-electron chi connectivity index (χ4n) is 4.48. The molecule has 2 N–H and O–H groups in total. The maximum absolute atomic E-state index is 13.7. The molecule has 0 aliphatic carbocycles. The minimum absolute atomic E-state index is 0.0584. The van der Waals surface area contributed by atoms with Gasteiger partial charge in [-0.1, -0.05) is 78.9 Å². The van der Waals surface area contributed by atoms with Gasteiger partial charge in [-0.05, 0) is 59.9 Å². The average molecular weight is 469 g/mol. The number of benzene rings is 4. The molecule has 0 aliphatic rings. The zero-order valence-electron chi connectivity index (χ0n) is 20.4. The van der Waals surface area contributed by atoms with Gasteiger partial charge in [-0.3, -0.25) is 0 Å². The van der Waals surface area contributed by atoms with Crippen molar-refractivity contribution >= 4 is 16.8 Å². The van der Waals surface area contributed by atoms with Gasteiger partial charge in [0, 0.05) is 12.6 Å². The van der Waals surface area contributed by atoms with E-state index in [0.717, 1.165) is 28.3 Å². The Labute approximate surface area is 207 Å². The normalized spacial score (nSPS) is 12.7. The van der Waals surface area contributed by atoms with E-state index in [2.05, 4.69) is 48.6 Å². The molecule has 180 valence electrons. The first kappa shape index (κ1) is 24.1. The molecule has 0 aliphatic heterocycles. The molecular formula is C30H32N2O3. The highest BCUT2D eigenvalue weighted by atomic mass is 16.5. The van der Waals surface area contributed by atoms with Crippen LogP contribution in [0.5, 0.6) is 11.5 Å². The number of fused-ring (bicyclic) bond motifs is 1. The Kier molecular flexibility index (Phi) is 7.56. The number of nitrogens with one attached hydrogen (secondary N) is 1. The van der Waals surface area contributed by atoms with Gasteiger partial charge in [0.15, 0.2) is 11.5 Å². The summed E-state index contributed by atoms with van der Waals surface area (Å²) >= 11 is 0. The summed E-state index contributed by atoms with van der Waals surface area (Å²) in [7, 11) is 1.52. The average Bonchev–Trinajstić information content (AvgIpc) is 2.88. The van der Waals surface area contributed by atoms with Gasteiger partial charge in [-0.25, -0.2) is 4.79 Å². The molecule has 0 bridgehead atoms. The predicted molar refractivity (Wildman–Crippen MR) is 141 cm³/mol. The second-order valence-electron chi connectivity index (χ2n) is 8.91. The minimum Gasteiger partial charge on any atom is -0.504 e. The van der Waals surface area contributed by atoms with Crippen molar-refractivity contribution in [2.75, 3.05) is 7.11 Å². The number of phenols is 1. The molecule has 0 radical (unpaired) electrons. The van der Waals surface area contributed by atoms with Gasteiger partial charge in [0.05, 0.1) is 13.2 Å². The molecule has 0 saturated heterocycles. The fourth-order valence-corrected chi connectivity index (χ4v) is 4.48. The van der Waals surface area contributed by atoms with E-state index in [1.165, 1.54) is 12.7 Å². The van der Waals surface area contributed by atoms with Crippen molar-refractivity contribution < 1.29 is 14.6 Å². The van der Waals surface area contributed by atoms with Crippen LogP contribution in [-0.2, 0) is 13.0 Å². The van der Waals surface area contributed by atoms with Crippen LogP contribution < -0.4 is 10.1 Å². The van der Waals surface area contributed by atoms with E-state index in [9.17, 15) is 9.90 Å². The Morgan fingerprint density at radius 3 is 2.40 bits per heavy atom. The number of methoxy groups -OCH3 is 1. The first-order chi connectivity index (χ1) is 17.0. The lowest BCUT2D eigenvalue weighted by Gasteiger charge is -2.31. The van der Waals surface area contributed by atoms with Crippen LogP contribution in [0.15, 0.2) is 91.0 Å². The van der Waals surface area contributed by atoms with Crippen molar-refractivity contribution in [3.05, 3.63) is 108 Å². The quantitative estimate of drug-likeness (QED) is 0.312. The molecule has 4 aromatic rings. The Morgan fingerprint density at radius 1 is 0.914 bits per heavy atom. The number of aromatic hydroxyl groups is 1. The van der Waals surface area contributed by atoms with Gasteiger partial charge in [-0.2, -0.15) is 0 Å². The van der Waals surface area contributed by atoms with Crippen molar-refractivity contribution in [1.82, 2.24) is 10.2 Å². The number of phenolic OH excluding ortho intramolecular Hbond substituents is 1. The van der Waals surface area contributed by atoms with Crippen molar-refractivity contribution in [1.29, 1.82) is 0 Å². The van der Waals surface area contributed by atoms with Gasteiger partial charge in [0.25, 0.3) is 0 Å². The van der Waals surface area contributed by atoms with E-state index in [-0.39, 0.29) is 23.9 Å². The van der Waals surface area contributed by atoms with E-state index in [4.69, 9.17) is 4.74 Å². The van der Waals surface area contributed by atoms with Gasteiger partial charge in [0.2, 0.25) is 0 Å². The molecule has 0 saturated carbocycles. The summed E-state index contributed by atoms with van der Waals surface area (Å²) in [6.07, 6.45) is 0.728. The summed E-state index contributed by atoms with van der Waals surface area (Å²) in [6.45, 7) is 4.47. The summed E-state index contributed by atoms with van der Waals surface area (Å²) in [5, 5.41) is 15.5. The number of amides is 2. The van der Waals surface area contributed by atoms with Crippen molar-refractivity contribution in [3.63, 3.8) is 0 Å². The highest BCUT2D eigenvalue weighted by Gasteiger charge is 2.23. The molecule has 5 nitrogen and oxygen atoms in total. The number of ether oxygens (including phenoxy) is 1. The molecule has 35 heavy (non-hydrogen) atoms. The van der Waals surface area contributed by atoms with E-state index in [1.54, 1.807) is 12.1 Å². The highest BCUT2D eigenvalue weighted by Crippen LogP contribution is 2.28. The van der Waals surface area contributed by atoms with Crippen LogP contribution in [0.1, 0.15) is 36.6 Å². The summed E-state index contributed by atoms with van der Waals surface area (Å²) < 4.78 is 5.28. The molecule has 0 spiro atoms. The van der Waals surface area contributed by atoms with Crippen LogP contribution in [0.2, 0.25) is 0 Å². The largest absolute Gasteiger partial charge is 0.504 e. The molecule has 5 heteroatoms. The summed E-state index contributed by atoms with van der Waals surface area (Å²) in [4.78, 5) is 15.5. The minimum atomic E-state index is -0.172. The first-order valence-electron chi connectivity index (χ1n) is 11.9. The molecule has 0 unspecified atom stereocenters. The Morgan fingerprint density at radius 2 is 1.63 bits per heavy atom. The maximum Gasteiger partial charge on any atom is 0.318 e. The van der Waals surface area contributed by atoms with Crippen molar-refractivity contribution in [3.8, 4) is 11.5 Å². The fraction of sp³-hybridized carbons (Fsp3) is 0.233. The van der Waals surface area contributed by atoms with Crippen LogP contribution in [0.4, 0.5) is 4.79 Å². The molecule has 4 aromatic carbocycles. The van der Waals surface area contributed by atoms with Crippen LogP contribution in [0.3, 0.4) is 0 Å². The lowest BCUT2D eigenvalue weighted by atomic mass is 10.00. The number of urea groups is 1. The lowest BCUT2D eigenvalue weighted by molar-refractivity contribution is 0.171. The van der Waals surface area contributed by atoms with Crippen LogP contribution in [0, 0.1) is 0 Å². The second-order valence-corrected chi connectivity index (χ2v) is 8.91. The van der Waals surface area contributed by atoms with Crippen LogP contribution in [-0.4, -0.2) is 29.2 Å². The van der Waals surface area contributed by atoms with Crippen LogP contribution in [0.25, 0.3) is 10.8 Å². The number of nitrogens with zero attached hydrogens (tertiary/aromatic N) is 1. The molecule has 0 fully saturated rings. The Hall–Kier alpha value is -3.99. The molecular weight excluding hydrogens is 436 g/mol. The molecule has 0 aromatic heterocycles. The lowest BCUT2D eigenvalue weighted by Crippen LogP contribution is -2.46. The van der Waals surface area contributed by atoms with Crippen LogP contribution >= 0.6 is 0 Å². The zero-order chi connectivity index (χ0) is 24.8. The molecule has 2 amide bonds. The Balaban J connectivity index is 1.59. The number of rotatable bonds is 8. The van der Waals surface area contributed by atoms with Crippen molar-refractivity contribution in [2.45, 2.75) is 38.9 Å². The maximum atomic E-state index is 13.7. The number of carbonyl (C=O) groups is 1. The number of hydrogen-bond donors (Lipinski definition) is 2. The van der Waals surface area contributed by atoms with Gasteiger partial charge in [0.1, 0.15) is 0 Å². The summed E-state index contributed by atoms with van der Waals surface area (Å²) in [5.74, 6) is 0.469. The van der Waals surface area contributed by atoms with E-state index >= 15 is 0 Å². The third kappa shape index (κ3) is 5.75. The SMILES string of the molecule is COc1cc(CN(C(=O)N[C@@H](C)c2cccc3ccccc23)[C@H](C)Cc2ccccc2)ccc1O. The summed E-state index contributed by atoms with van der Waals surface area (Å²) in [5.41, 5.74) is 3.13. The predicted octanol–water partition coefficient (Wildman–Crippen LogP) is 6.46. The zero-order valence-corrected chi connectivity index (χ0v) is 20.4. The molecule has 2 atom stereocenters. The third-order valence-electron chi connectivity index (χ3n) is 6.39. The third-order valence-corrected chi connectivity index (χ3v) is 6.39. The van der Waals surface area contributed by atoms with Gasteiger partial charge >= 0.3 is 6.03 Å². The van der Waals surface area contributed by atoms with E-state index in [0.29, 0.717) is 12.3 Å². The standard InChI is InChI=1S/C30H32N2O3/c1-21(18-23-10-5-4-6-11-23)32(20-24-16-17-28(33)29(19-24)35-3)30(34)31-22(2)26-15-9-13-25-12-7-8-14-27(25)26/h4-17,19,21-22,33H,18,20H2,1-3H3,(H,31,34)/t21-,22+/m1/s1.